The van der Waals surface area contributed by atoms with Gasteiger partial charge in [-0.05, 0) is 12.8 Å². The Bertz CT molecular complexity index is 128. The van der Waals surface area contributed by atoms with Crippen LogP contribution in [0.2, 0.25) is 0 Å². The normalized spacial score (nSPS) is 12.6. The maximum Gasteiger partial charge on any atom is 0.236 e. The van der Waals surface area contributed by atoms with Crippen molar-refractivity contribution in [2.24, 2.45) is 5.73 Å². The summed E-state index contributed by atoms with van der Waals surface area (Å²) >= 11 is 0. The zero-order valence-corrected chi connectivity index (χ0v) is 7.80. The SMILES string of the molecule is CCC(N)C(=O)NCCCOC. The fourth-order valence-corrected chi connectivity index (χ4v) is 0.745. The summed E-state index contributed by atoms with van der Waals surface area (Å²) in [5.74, 6) is -0.0754. The minimum absolute atomic E-state index is 0.0754. The predicted octanol–water partition coefficient (Wildman–Crippen LogP) is -0.124. The van der Waals surface area contributed by atoms with Crippen molar-refractivity contribution in [1.29, 1.82) is 0 Å². The molecule has 0 aliphatic rings. The molecule has 1 unspecified atom stereocenters. The van der Waals surface area contributed by atoms with Crippen LogP contribution in [0.3, 0.4) is 0 Å². The summed E-state index contributed by atoms with van der Waals surface area (Å²) in [5.41, 5.74) is 5.49. The van der Waals surface area contributed by atoms with Crippen LogP contribution in [-0.2, 0) is 9.53 Å². The van der Waals surface area contributed by atoms with Gasteiger partial charge in [0, 0.05) is 20.3 Å². The van der Waals surface area contributed by atoms with Crippen LogP contribution in [0, 0.1) is 0 Å². The van der Waals surface area contributed by atoms with E-state index in [2.05, 4.69) is 5.32 Å². The molecule has 72 valence electrons. The molecule has 0 aliphatic carbocycles. The number of methoxy groups -OCH3 is 1. The summed E-state index contributed by atoms with van der Waals surface area (Å²) in [6.07, 6.45) is 1.51. The van der Waals surface area contributed by atoms with Crippen LogP contribution in [-0.4, -0.2) is 32.2 Å². The summed E-state index contributed by atoms with van der Waals surface area (Å²) in [6, 6.07) is -0.368. The first-order valence-electron chi connectivity index (χ1n) is 4.24. The second-order valence-corrected chi connectivity index (χ2v) is 2.65. The Morgan fingerprint density at radius 3 is 2.83 bits per heavy atom. The van der Waals surface area contributed by atoms with E-state index >= 15 is 0 Å². The molecule has 0 spiro atoms. The van der Waals surface area contributed by atoms with Gasteiger partial charge in [0.2, 0.25) is 5.91 Å². The minimum atomic E-state index is -0.368. The van der Waals surface area contributed by atoms with Gasteiger partial charge in [0.15, 0.2) is 0 Å². The van der Waals surface area contributed by atoms with Crippen LogP contribution in [0.4, 0.5) is 0 Å². The molecule has 0 heterocycles. The lowest BCUT2D eigenvalue weighted by atomic mass is 10.2. The third-order valence-electron chi connectivity index (χ3n) is 1.60. The molecule has 0 aromatic carbocycles. The number of hydrogen-bond acceptors (Lipinski definition) is 3. The molecule has 0 aromatic heterocycles. The van der Waals surface area contributed by atoms with Crippen LogP contribution in [0.1, 0.15) is 19.8 Å². The fourth-order valence-electron chi connectivity index (χ4n) is 0.745. The molecule has 1 atom stereocenters. The van der Waals surface area contributed by atoms with Crippen molar-refractivity contribution in [2.75, 3.05) is 20.3 Å². The Morgan fingerprint density at radius 2 is 2.33 bits per heavy atom. The molecule has 0 rings (SSSR count). The average molecular weight is 174 g/mol. The Hall–Kier alpha value is -0.610. The molecular formula is C8H18N2O2. The first-order chi connectivity index (χ1) is 5.72. The number of carbonyl (C=O) groups is 1. The van der Waals surface area contributed by atoms with Crippen molar-refractivity contribution in [3.05, 3.63) is 0 Å². The van der Waals surface area contributed by atoms with E-state index in [1.807, 2.05) is 6.92 Å². The van der Waals surface area contributed by atoms with Crippen LogP contribution >= 0.6 is 0 Å². The Kier molecular flexibility index (Phi) is 6.70. The van der Waals surface area contributed by atoms with Gasteiger partial charge in [0.05, 0.1) is 6.04 Å². The molecule has 1 amide bonds. The summed E-state index contributed by atoms with van der Waals surface area (Å²) < 4.78 is 4.83. The Labute approximate surface area is 73.5 Å². The largest absolute Gasteiger partial charge is 0.385 e. The van der Waals surface area contributed by atoms with E-state index in [0.717, 1.165) is 6.42 Å². The summed E-state index contributed by atoms with van der Waals surface area (Å²) in [7, 11) is 1.64. The van der Waals surface area contributed by atoms with E-state index in [0.29, 0.717) is 19.6 Å². The van der Waals surface area contributed by atoms with Crippen molar-refractivity contribution in [2.45, 2.75) is 25.8 Å². The highest BCUT2D eigenvalue weighted by Gasteiger charge is 2.08. The first-order valence-corrected chi connectivity index (χ1v) is 4.24. The second kappa shape index (κ2) is 7.06. The van der Waals surface area contributed by atoms with Crippen LogP contribution in [0.15, 0.2) is 0 Å². The van der Waals surface area contributed by atoms with Gasteiger partial charge in [-0.2, -0.15) is 0 Å². The number of amides is 1. The third kappa shape index (κ3) is 5.09. The monoisotopic (exact) mass is 174 g/mol. The highest BCUT2D eigenvalue weighted by molar-refractivity contribution is 5.81. The third-order valence-corrected chi connectivity index (χ3v) is 1.60. The van der Waals surface area contributed by atoms with Crippen LogP contribution in [0.5, 0.6) is 0 Å². The maximum atomic E-state index is 11.1. The zero-order valence-electron chi connectivity index (χ0n) is 7.80. The number of nitrogens with two attached hydrogens (primary N) is 1. The highest BCUT2D eigenvalue weighted by atomic mass is 16.5. The maximum absolute atomic E-state index is 11.1. The number of rotatable bonds is 6. The van der Waals surface area contributed by atoms with Crippen molar-refractivity contribution in [1.82, 2.24) is 5.32 Å². The number of carbonyl (C=O) groups excluding carboxylic acids is 1. The fraction of sp³-hybridized carbons (Fsp3) is 0.875. The molecule has 0 aliphatic heterocycles. The van der Waals surface area contributed by atoms with Gasteiger partial charge in [-0.1, -0.05) is 6.92 Å². The number of ether oxygens (including phenoxy) is 1. The highest BCUT2D eigenvalue weighted by Crippen LogP contribution is 1.85. The summed E-state index contributed by atoms with van der Waals surface area (Å²) in [4.78, 5) is 11.1. The number of hydrogen-bond donors (Lipinski definition) is 2. The molecular weight excluding hydrogens is 156 g/mol. The zero-order chi connectivity index (χ0) is 9.40. The lowest BCUT2D eigenvalue weighted by molar-refractivity contribution is -0.122. The average Bonchev–Trinajstić information content (AvgIpc) is 2.10. The minimum Gasteiger partial charge on any atom is -0.385 e. The lowest BCUT2D eigenvalue weighted by Gasteiger charge is -2.09. The molecule has 3 N–H and O–H groups in total. The molecule has 0 radical (unpaired) electrons. The van der Waals surface area contributed by atoms with Gasteiger partial charge in [-0.15, -0.1) is 0 Å². The van der Waals surface area contributed by atoms with E-state index in [9.17, 15) is 4.79 Å². The van der Waals surface area contributed by atoms with Crippen molar-refractivity contribution < 1.29 is 9.53 Å². The van der Waals surface area contributed by atoms with Crippen molar-refractivity contribution in [3.63, 3.8) is 0 Å². The van der Waals surface area contributed by atoms with Gasteiger partial charge < -0.3 is 15.8 Å². The van der Waals surface area contributed by atoms with E-state index in [-0.39, 0.29) is 11.9 Å². The van der Waals surface area contributed by atoms with E-state index in [1.54, 1.807) is 7.11 Å². The summed E-state index contributed by atoms with van der Waals surface area (Å²) in [6.45, 7) is 3.20. The smallest absolute Gasteiger partial charge is 0.236 e. The quantitative estimate of drug-likeness (QED) is 0.552. The van der Waals surface area contributed by atoms with Gasteiger partial charge in [0.1, 0.15) is 0 Å². The van der Waals surface area contributed by atoms with Crippen LogP contribution < -0.4 is 11.1 Å². The molecule has 0 aromatic rings. The van der Waals surface area contributed by atoms with Crippen molar-refractivity contribution >= 4 is 5.91 Å². The second-order valence-electron chi connectivity index (χ2n) is 2.65. The molecule has 0 saturated carbocycles. The Balaban J connectivity index is 3.31. The topological polar surface area (TPSA) is 64.4 Å². The molecule has 4 nitrogen and oxygen atoms in total. The van der Waals surface area contributed by atoms with E-state index < -0.39 is 0 Å². The van der Waals surface area contributed by atoms with Crippen LogP contribution in [0.25, 0.3) is 0 Å². The Morgan fingerprint density at radius 1 is 1.67 bits per heavy atom. The first kappa shape index (κ1) is 11.4. The van der Waals surface area contributed by atoms with E-state index in [4.69, 9.17) is 10.5 Å². The molecule has 0 bridgehead atoms. The standard InChI is InChI=1S/C8H18N2O2/c1-3-7(9)8(11)10-5-4-6-12-2/h7H,3-6,9H2,1-2H3,(H,10,11). The number of nitrogens with one attached hydrogen (secondary N) is 1. The van der Waals surface area contributed by atoms with Gasteiger partial charge in [-0.25, -0.2) is 0 Å². The molecule has 0 fully saturated rings. The van der Waals surface area contributed by atoms with Gasteiger partial charge in [0.25, 0.3) is 0 Å². The lowest BCUT2D eigenvalue weighted by Crippen LogP contribution is -2.40. The summed E-state index contributed by atoms with van der Waals surface area (Å²) in [5, 5.41) is 2.72. The van der Waals surface area contributed by atoms with Gasteiger partial charge in [-0.3, -0.25) is 4.79 Å². The molecule has 4 heteroatoms. The van der Waals surface area contributed by atoms with Gasteiger partial charge >= 0.3 is 0 Å². The van der Waals surface area contributed by atoms with Crippen molar-refractivity contribution in [3.8, 4) is 0 Å². The molecule has 12 heavy (non-hydrogen) atoms. The predicted molar refractivity (Wildman–Crippen MR) is 47.8 cm³/mol. The van der Waals surface area contributed by atoms with E-state index in [1.165, 1.54) is 0 Å². The molecule has 0 saturated heterocycles.